The SMILES string of the molecule is CCOc1c(C)cc(C2=NO[C@]3(C2)C[C@@H](C(=O)N[C@@H](CC2CC2)C(=O)C(N)=O)N(C(=O)[C@@H](NC(=O)OC(C)(C)C)C(C)(C)C)C3)cc1C. The fourth-order valence-corrected chi connectivity index (χ4v) is 6.37. The molecule has 2 heterocycles. The highest BCUT2D eigenvalue weighted by atomic mass is 16.7. The van der Waals surface area contributed by atoms with Crippen molar-refractivity contribution < 1.29 is 38.3 Å². The maximum absolute atomic E-state index is 14.4. The van der Waals surface area contributed by atoms with Gasteiger partial charge in [-0.05, 0) is 82.6 Å². The Balaban J connectivity index is 1.65. The molecule has 48 heavy (non-hydrogen) atoms. The zero-order chi connectivity index (χ0) is 35.8. The van der Waals surface area contributed by atoms with E-state index in [4.69, 9.17) is 20.0 Å². The predicted octanol–water partition coefficient (Wildman–Crippen LogP) is 3.44. The van der Waals surface area contributed by atoms with Gasteiger partial charge in [0.2, 0.25) is 17.6 Å². The first-order valence-electron chi connectivity index (χ1n) is 16.7. The molecule has 1 saturated heterocycles. The molecule has 4 N–H and O–H groups in total. The van der Waals surface area contributed by atoms with Crippen molar-refractivity contribution in [2.75, 3.05) is 13.2 Å². The number of amides is 4. The zero-order valence-electron chi connectivity index (χ0n) is 29.7. The number of nitrogens with one attached hydrogen (secondary N) is 2. The fraction of sp³-hybridized carbons (Fsp3) is 0.657. The number of ketones is 1. The van der Waals surface area contributed by atoms with Crippen molar-refractivity contribution >= 4 is 35.3 Å². The van der Waals surface area contributed by atoms with Crippen molar-refractivity contribution in [2.45, 2.75) is 124 Å². The summed E-state index contributed by atoms with van der Waals surface area (Å²) in [6, 6.07) is 0.661. The Labute approximate surface area is 282 Å². The standard InChI is InChI=1S/C35H51N5O8/c1-10-46-27-19(2)13-22(14-20(27)3)24-16-35(48-39-24)17-25(30(43)37-23(15-21-11-12-21)26(41)29(36)42)40(18-35)31(44)28(33(4,5)6)38-32(45)47-34(7,8)9/h13-14,21,23,25,28H,10-12,15-18H2,1-9H3,(H2,36,42)(H,37,43)(H,38,45)/t23-,25-,28+,35+/m0/s1. The van der Waals surface area contributed by atoms with Crippen molar-refractivity contribution in [1.82, 2.24) is 15.5 Å². The summed E-state index contributed by atoms with van der Waals surface area (Å²) in [4.78, 5) is 73.4. The number of likely N-dealkylation sites (tertiary alicyclic amines) is 1. The van der Waals surface area contributed by atoms with Gasteiger partial charge < -0.3 is 35.6 Å². The zero-order valence-corrected chi connectivity index (χ0v) is 29.7. The van der Waals surface area contributed by atoms with Gasteiger partial charge in [-0.1, -0.05) is 38.8 Å². The second-order valence-corrected chi connectivity index (χ2v) is 15.5. The van der Waals surface area contributed by atoms with E-state index in [9.17, 15) is 24.0 Å². The maximum atomic E-state index is 14.4. The summed E-state index contributed by atoms with van der Waals surface area (Å²) in [6.45, 7) is 16.9. The van der Waals surface area contributed by atoms with Gasteiger partial charge in [0.05, 0.1) is 24.9 Å². The summed E-state index contributed by atoms with van der Waals surface area (Å²) in [6.07, 6.45) is 1.65. The van der Waals surface area contributed by atoms with E-state index in [-0.39, 0.29) is 25.3 Å². The molecule has 1 spiro atoms. The molecule has 13 nitrogen and oxygen atoms in total. The monoisotopic (exact) mass is 669 g/mol. The summed E-state index contributed by atoms with van der Waals surface area (Å²) in [5.41, 5.74) is 6.07. The van der Waals surface area contributed by atoms with Gasteiger partial charge in [0.1, 0.15) is 23.4 Å². The molecule has 2 fully saturated rings. The Kier molecular flexibility index (Phi) is 10.5. The van der Waals surface area contributed by atoms with Crippen LogP contribution < -0.4 is 21.1 Å². The number of hydrogen-bond donors (Lipinski definition) is 3. The van der Waals surface area contributed by atoms with Crippen molar-refractivity contribution in [3.05, 3.63) is 28.8 Å². The van der Waals surface area contributed by atoms with E-state index >= 15 is 0 Å². The molecule has 13 heteroatoms. The Morgan fingerprint density at radius 3 is 2.21 bits per heavy atom. The number of hydrogen-bond acceptors (Lipinski definition) is 9. The van der Waals surface area contributed by atoms with Crippen LogP contribution in [-0.2, 0) is 28.8 Å². The average molecular weight is 670 g/mol. The van der Waals surface area contributed by atoms with Gasteiger partial charge in [0, 0.05) is 18.4 Å². The Morgan fingerprint density at radius 2 is 1.69 bits per heavy atom. The Morgan fingerprint density at radius 1 is 1.06 bits per heavy atom. The van der Waals surface area contributed by atoms with E-state index in [2.05, 4.69) is 15.8 Å². The molecule has 4 amide bonds. The molecule has 0 radical (unpaired) electrons. The van der Waals surface area contributed by atoms with E-state index in [1.54, 1.807) is 41.5 Å². The molecule has 0 unspecified atom stereocenters. The average Bonchev–Trinajstić information content (AvgIpc) is 3.56. The van der Waals surface area contributed by atoms with Crippen molar-refractivity contribution in [3.8, 4) is 5.75 Å². The number of carbonyl (C=O) groups is 5. The van der Waals surface area contributed by atoms with Crippen LogP contribution in [0.1, 0.15) is 97.3 Å². The predicted molar refractivity (Wildman–Crippen MR) is 178 cm³/mol. The lowest BCUT2D eigenvalue weighted by Crippen LogP contribution is -2.59. The summed E-state index contributed by atoms with van der Waals surface area (Å²) in [5, 5.41) is 9.88. The van der Waals surface area contributed by atoms with Crippen LogP contribution in [0.15, 0.2) is 17.3 Å². The van der Waals surface area contributed by atoms with Gasteiger partial charge in [-0.15, -0.1) is 0 Å². The van der Waals surface area contributed by atoms with Crippen LogP contribution in [0, 0.1) is 25.2 Å². The lowest BCUT2D eigenvalue weighted by atomic mass is 9.85. The summed E-state index contributed by atoms with van der Waals surface area (Å²) in [7, 11) is 0. The molecule has 1 aromatic rings. The lowest BCUT2D eigenvalue weighted by molar-refractivity contribution is -0.143. The van der Waals surface area contributed by atoms with Gasteiger partial charge in [-0.25, -0.2) is 4.79 Å². The molecule has 1 aliphatic carbocycles. The van der Waals surface area contributed by atoms with E-state index in [0.717, 1.165) is 35.3 Å². The number of nitrogens with zero attached hydrogens (tertiary/aromatic N) is 2. The number of primary amides is 1. The minimum Gasteiger partial charge on any atom is -0.493 e. The molecular formula is C35H51N5O8. The molecule has 4 atom stereocenters. The number of ether oxygens (including phenoxy) is 2. The largest absolute Gasteiger partial charge is 0.493 e. The third-order valence-electron chi connectivity index (χ3n) is 8.82. The number of rotatable bonds is 11. The van der Waals surface area contributed by atoms with E-state index in [1.807, 2.05) is 32.9 Å². The highest BCUT2D eigenvalue weighted by molar-refractivity contribution is 6.37. The number of aryl methyl sites for hydroxylation is 2. The van der Waals surface area contributed by atoms with Gasteiger partial charge in [-0.3, -0.25) is 19.2 Å². The second-order valence-electron chi connectivity index (χ2n) is 15.5. The van der Waals surface area contributed by atoms with Crippen LogP contribution in [0.3, 0.4) is 0 Å². The van der Waals surface area contributed by atoms with Crippen molar-refractivity contribution in [3.63, 3.8) is 0 Å². The molecular weight excluding hydrogens is 618 g/mol. The highest BCUT2D eigenvalue weighted by Gasteiger charge is 2.56. The molecule has 264 valence electrons. The first-order chi connectivity index (χ1) is 22.2. The third-order valence-corrected chi connectivity index (χ3v) is 8.82. The van der Waals surface area contributed by atoms with E-state index in [1.165, 1.54) is 4.90 Å². The van der Waals surface area contributed by atoms with Gasteiger partial charge in [0.25, 0.3) is 5.91 Å². The minimum atomic E-state index is -1.13. The highest BCUT2D eigenvalue weighted by Crippen LogP contribution is 2.41. The molecule has 3 aliphatic rings. The number of oxime groups is 1. The van der Waals surface area contributed by atoms with Crippen LogP contribution in [0.5, 0.6) is 5.75 Å². The first-order valence-corrected chi connectivity index (χ1v) is 16.7. The van der Waals surface area contributed by atoms with Crippen LogP contribution in [-0.4, -0.2) is 82.7 Å². The molecule has 0 bridgehead atoms. The van der Waals surface area contributed by atoms with Gasteiger partial charge in [0.15, 0.2) is 5.60 Å². The van der Waals surface area contributed by atoms with Crippen molar-refractivity contribution in [1.29, 1.82) is 0 Å². The topological polar surface area (TPSA) is 179 Å². The molecule has 2 aliphatic heterocycles. The normalized spacial score (nSPS) is 22.0. The molecule has 1 aromatic carbocycles. The number of nitrogens with two attached hydrogens (primary N) is 1. The van der Waals surface area contributed by atoms with Crippen molar-refractivity contribution in [2.24, 2.45) is 22.2 Å². The number of alkyl carbamates (subject to hydrolysis) is 1. The summed E-state index contributed by atoms with van der Waals surface area (Å²) < 4.78 is 11.3. The first kappa shape index (κ1) is 36.7. The number of benzene rings is 1. The summed E-state index contributed by atoms with van der Waals surface area (Å²) in [5.74, 6) is -2.15. The number of carbonyl (C=O) groups excluding carboxylic acids is 5. The number of Topliss-reactive ketones (excluding diaryl/α,β-unsaturated/α-hetero) is 1. The smallest absolute Gasteiger partial charge is 0.408 e. The maximum Gasteiger partial charge on any atom is 0.408 e. The van der Waals surface area contributed by atoms with E-state index in [0.29, 0.717) is 18.7 Å². The van der Waals surface area contributed by atoms with Crippen LogP contribution in [0.2, 0.25) is 0 Å². The molecule has 1 saturated carbocycles. The quantitative estimate of drug-likeness (QED) is 0.300. The lowest BCUT2D eigenvalue weighted by Gasteiger charge is -2.36. The van der Waals surface area contributed by atoms with E-state index < -0.39 is 64.3 Å². The Hall–Kier alpha value is -4.16. The van der Waals surface area contributed by atoms with Gasteiger partial charge >= 0.3 is 6.09 Å². The molecule has 4 rings (SSSR count). The Bertz CT molecular complexity index is 1470. The second kappa shape index (κ2) is 13.8. The van der Waals surface area contributed by atoms with Crippen LogP contribution in [0.25, 0.3) is 0 Å². The summed E-state index contributed by atoms with van der Waals surface area (Å²) >= 11 is 0. The fourth-order valence-electron chi connectivity index (χ4n) is 6.37. The third kappa shape index (κ3) is 8.65. The van der Waals surface area contributed by atoms with Gasteiger partial charge in [-0.2, -0.15) is 0 Å². The minimum absolute atomic E-state index is 0.00838. The van der Waals surface area contributed by atoms with Crippen LogP contribution in [0.4, 0.5) is 4.79 Å². The molecule has 0 aromatic heterocycles. The van der Waals surface area contributed by atoms with Crippen LogP contribution >= 0.6 is 0 Å².